The number of hydrogen-bond donors (Lipinski definition) is 2. The Bertz CT molecular complexity index is 980. The third-order valence-corrected chi connectivity index (χ3v) is 4.68. The number of hydrazone groups is 1. The summed E-state index contributed by atoms with van der Waals surface area (Å²) in [6, 6.07) is 26.1. The lowest BCUT2D eigenvalue weighted by atomic mass is 9.94. The highest BCUT2D eigenvalue weighted by atomic mass is 79.9. The number of rotatable bonds is 5. The number of nitrogens with two attached hydrogens (primary N) is 1. The van der Waals surface area contributed by atoms with Crippen LogP contribution < -0.4 is 11.2 Å². The van der Waals surface area contributed by atoms with E-state index in [1.54, 1.807) is 0 Å². The van der Waals surface area contributed by atoms with Crippen LogP contribution in [0.1, 0.15) is 30.9 Å². The number of nitrogens with zero attached hydrogens (tertiary/aromatic N) is 2. The van der Waals surface area contributed by atoms with Gasteiger partial charge in [-0.3, -0.25) is 5.43 Å². The average molecular weight is 435 g/mol. The van der Waals surface area contributed by atoms with Gasteiger partial charge in [-0.25, -0.2) is 4.99 Å². The average Bonchev–Trinajstić information content (AvgIpc) is 2.73. The number of para-hydroxylation sites is 1. The topological polar surface area (TPSA) is 62.8 Å². The molecule has 0 bridgehead atoms. The van der Waals surface area contributed by atoms with Gasteiger partial charge in [-0.1, -0.05) is 92.7 Å². The van der Waals surface area contributed by atoms with Gasteiger partial charge in [0.05, 0.1) is 5.69 Å². The quantitative estimate of drug-likeness (QED) is 0.231. The normalized spacial score (nSPS) is 12.3. The van der Waals surface area contributed by atoms with Gasteiger partial charge in [-0.2, -0.15) is 5.10 Å². The van der Waals surface area contributed by atoms with Crippen LogP contribution in [0.5, 0.6) is 0 Å². The predicted molar refractivity (Wildman–Crippen MR) is 122 cm³/mol. The van der Waals surface area contributed by atoms with Gasteiger partial charge in [0.2, 0.25) is 0 Å². The summed E-state index contributed by atoms with van der Waals surface area (Å²) < 4.78 is 0.497. The number of benzene rings is 3. The molecule has 3 aromatic rings. The zero-order chi connectivity index (χ0) is 19.9. The van der Waals surface area contributed by atoms with Crippen LogP contribution in [0.3, 0.4) is 0 Å². The fourth-order valence-corrected chi connectivity index (χ4v) is 3.17. The first-order valence-corrected chi connectivity index (χ1v) is 9.92. The molecule has 3 aromatic carbocycles. The molecule has 3 N–H and O–H groups in total. The molecular weight excluding hydrogens is 412 g/mol. The van der Waals surface area contributed by atoms with Crippen molar-refractivity contribution in [3.63, 3.8) is 0 Å². The van der Waals surface area contributed by atoms with Crippen molar-refractivity contribution in [3.05, 3.63) is 90.0 Å². The van der Waals surface area contributed by atoms with Crippen molar-refractivity contribution in [1.29, 1.82) is 0 Å². The van der Waals surface area contributed by atoms with Gasteiger partial charge in [0.25, 0.3) is 0 Å². The van der Waals surface area contributed by atoms with Gasteiger partial charge in [0.1, 0.15) is 0 Å². The Morgan fingerprint density at radius 2 is 1.54 bits per heavy atom. The summed E-state index contributed by atoms with van der Waals surface area (Å²) in [4.78, 5) is 4.78. The van der Waals surface area contributed by atoms with Crippen LogP contribution in [0.15, 0.2) is 89.0 Å². The second-order valence-corrected chi connectivity index (χ2v) is 7.39. The third kappa shape index (κ3) is 4.87. The Balaban J connectivity index is 1.95. The van der Waals surface area contributed by atoms with Crippen LogP contribution >= 0.6 is 15.9 Å². The smallest absolute Gasteiger partial charge is 0.191 e. The summed E-state index contributed by atoms with van der Waals surface area (Å²) in [5.74, 6) is 0.730. The second-order valence-electron chi connectivity index (χ2n) is 6.64. The Kier molecular flexibility index (Phi) is 6.61. The number of halogens is 1. The molecule has 5 heteroatoms. The molecule has 0 saturated carbocycles. The number of amidine groups is 2. The Morgan fingerprint density at radius 3 is 2.18 bits per heavy atom. The van der Waals surface area contributed by atoms with E-state index in [1.165, 1.54) is 5.56 Å². The highest BCUT2D eigenvalue weighted by Crippen LogP contribution is 2.37. The zero-order valence-corrected chi connectivity index (χ0v) is 17.5. The molecular formula is C23H23BrN4. The van der Waals surface area contributed by atoms with Gasteiger partial charge in [0.15, 0.2) is 10.6 Å². The van der Waals surface area contributed by atoms with Crippen LogP contribution in [0.4, 0.5) is 5.69 Å². The van der Waals surface area contributed by atoms with Gasteiger partial charge in [-0.05, 0) is 33.0 Å². The predicted octanol–water partition coefficient (Wildman–Crippen LogP) is 5.77. The van der Waals surface area contributed by atoms with Crippen LogP contribution in [0.25, 0.3) is 11.1 Å². The minimum atomic E-state index is 0.334. The van der Waals surface area contributed by atoms with Crippen molar-refractivity contribution < 1.29 is 0 Å². The molecule has 0 aromatic heterocycles. The lowest BCUT2D eigenvalue weighted by molar-refractivity contribution is 0.867. The maximum absolute atomic E-state index is 6.05. The summed E-state index contributed by atoms with van der Waals surface area (Å²) in [7, 11) is 0. The summed E-state index contributed by atoms with van der Waals surface area (Å²) in [6.07, 6.45) is 0. The molecule has 0 spiro atoms. The first-order chi connectivity index (χ1) is 13.6. The summed E-state index contributed by atoms with van der Waals surface area (Å²) in [5, 5.41) is 4.23. The molecule has 0 aliphatic carbocycles. The fourth-order valence-electron chi connectivity index (χ4n) is 2.91. The van der Waals surface area contributed by atoms with E-state index in [0.717, 1.165) is 22.4 Å². The maximum Gasteiger partial charge on any atom is 0.191 e. The molecule has 0 heterocycles. The first kappa shape index (κ1) is 19.8. The second kappa shape index (κ2) is 9.33. The lowest BCUT2D eigenvalue weighted by Gasteiger charge is -2.15. The summed E-state index contributed by atoms with van der Waals surface area (Å²) in [5.41, 5.74) is 14.1. The largest absolute Gasteiger partial charge is 0.382 e. The van der Waals surface area contributed by atoms with Crippen LogP contribution in [-0.2, 0) is 0 Å². The van der Waals surface area contributed by atoms with E-state index in [4.69, 9.17) is 10.7 Å². The molecule has 142 valence electrons. The summed E-state index contributed by atoms with van der Waals surface area (Å²) in [6.45, 7) is 4.33. The molecule has 0 amide bonds. The Morgan fingerprint density at radius 1 is 0.893 bits per heavy atom. The number of aliphatic imine (C=N–C) groups is 1. The highest BCUT2D eigenvalue weighted by molar-refractivity contribution is 9.18. The van der Waals surface area contributed by atoms with E-state index in [9.17, 15) is 0 Å². The van der Waals surface area contributed by atoms with Crippen LogP contribution in [0, 0.1) is 0 Å². The van der Waals surface area contributed by atoms with Crippen molar-refractivity contribution >= 4 is 32.2 Å². The molecule has 0 aliphatic rings. The zero-order valence-electron chi connectivity index (χ0n) is 15.9. The number of hydrogen-bond acceptors (Lipinski definition) is 2. The monoisotopic (exact) mass is 434 g/mol. The van der Waals surface area contributed by atoms with E-state index in [2.05, 4.69) is 70.6 Å². The van der Waals surface area contributed by atoms with Crippen molar-refractivity contribution in [2.45, 2.75) is 19.8 Å². The standard InChI is InChI=1S/C23H23BrN4/c1-16(2)19-14-9-15-20(17-10-5-3-6-11-17)21(19)26-23(24)28-27-22(25)18-12-7-4-8-13-18/h3-16H,1-2H3,(H2,25,27)(H,26,28). The van der Waals surface area contributed by atoms with E-state index >= 15 is 0 Å². The summed E-state index contributed by atoms with van der Waals surface area (Å²) >= 11 is 3.48. The van der Waals surface area contributed by atoms with E-state index in [-0.39, 0.29) is 0 Å². The molecule has 28 heavy (non-hydrogen) atoms. The molecule has 0 radical (unpaired) electrons. The van der Waals surface area contributed by atoms with Crippen molar-refractivity contribution in [3.8, 4) is 11.1 Å². The molecule has 4 nitrogen and oxygen atoms in total. The van der Waals surface area contributed by atoms with Crippen LogP contribution in [0.2, 0.25) is 0 Å². The third-order valence-electron chi connectivity index (χ3n) is 4.32. The SMILES string of the molecule is CC(C)c1cccc(-c2ccccc2)c1N=C(Br)N/N=C(\N)c1ccccc1. The molecule has 0 fully saturated rings. The van der Waals surface area contributed by atoms with Gasteiger partial charge >= 0.3 is 0 Å². The Labute approximate surface area is 174 Å². The van der Waals surface area contributed by atoms with E-state index in [0.29, 0.717) is 16.5 Å². The van der Waals surface area contributed by atoms with Gasteiger partial charge in [-0.15, -0.1) is 0 Å². The van der Waals surface area contributed by atoms with Crippen molar-refractivity contribution in [2.24, 2.45) is 15.8 Å². The lowest BCUT2D eigenvalue weighted by Crippen LogP contribution is -2.20. The number of nitrogens with one attached hydrogen (secondary N) is 1. The fraction of sp³-hybridized carbons (Fsp3) is 0.130. The van der Waals surface area contributed by atoms with Crippen LogP contribution in [-0.4, -0.2) is 10.6 Å². The van der Waals surface area contributed by atoms with Gasteiger partial charge in [0, 0.05) is 11.1 Å². The molecule has 0 unspecified atom stereocenters. The van der Waals surface area contributed by atoms with Crippen molar-refractivity contribution in [1.82, 2.24) is 5.43 Å². The minimum Gasteiger partial charge on any atom is -0.382 e. The molecule has 0 aliphatic heterocycles. The first-order valence-electron chi connectivity index (χ1n) is 9.13. The van der Waals surface area contributed by atoms with Crippen molar-refractivity contribution in [2.75, 3.05) is 0 Å². The van der Waals surface area contributed by atoms with E-state index < -0.39 is 0 Å². The Hall–Kier alpha value is -2.92. The minimum absolute atomic E-state index is 0.334. The maximum atomic E-state index is 6.05. The molecule has 3 rings (SSSR count). The molecule has 0 saturated heterocycles. The molecule has 0 atom stereocenters. The highest BCUT2D eigenvalue weighted by Gasteiger charge is 2.13. The van der Waals surface area contributed by atoms with E-state index in [1.807, 2.05) is 48.5 Å². The van der Waals surface area contributed by atoms with Gasteiger partial charge < -0.3 is 5.73 Å².